The van der Waals surface area contributed by atoms with Crippen molar-refractivity contribution in [3.05, 3.63) is 29.6 Å². The first-order chi connectivity index (χ1) is 7.58. The lowest BCUT2D eigenvalue weighted by Gasteiger charge is -2.11. The SMILES string of the molecule is COc1ccc(CC(OC)C(=O)O)c(F)c1. The van der Waals surface area contributed by atoms with Crippen LogP contribution in [0, 0.1) is 5.82 Å². The summed E-state index contributed by atoms with van der Waals surface area (Å²) < 4.78 is 23.0. The molecule has 0 aliphatic carbocycles. The van der Waals surface area contributed by atoms with Gasteiger partial charge in [0.2, 0.25) is 0 Å². The Labute approximate surface area is 92.6 Å². The number of hydrogen-bond donors (Lipinski definition) is 1. The van der Waals surface area contributed by atoms with Crippen LogP contribution in [0.25, 0.3) is 0 Å². The summed E-state index contributed by atoms with van der Waals surface area (Å²) in [6.07, 6.45) is -1.05. The zero-order chi connectivity index (χ0) is 12.1. The predicted octanol–water partition coefficient (Wildman–Crippen LogP) is 1.48. The topological polar surface area (TPSA) is 55.8 Å². The molecule has 1 aromatic carbocycles. The molecule has 88 valence electrons. The first-order valence-corrected chi connectivity index (χ1v) is 4.66. The van der Waals surface area contributed by atoms with E-state index in [-0.39, 0.29) is 12.0 Å². The van der Waals surface area contributed by atoms with Gasteiger partial charge in [0.25, 0.3) is 0 Å². The molecule has 0 amide bonds. The van der Waals surface area contributed by atoms with E-state index in [4.69, 9.17) is 14.6 Å². The van der Waals surface area contributed by atoms with Crippen molar-refractivity contribution in [3.8, 4) is 5.75 Å². The van der Waals surface area contributed by atoms with Crippen molar-refractivity contribution in [3.63, 3.8) is 0 Å². The van der Waals surface area contributed by atoms with E-state index in [0.29, 0.717) is 5.75 Å². The summed E-state index contributed by atoms with van der Waals surface area (Å²) in [7, 11) is 2.71. The Balaban J connectivity index is 2.84. The summed E-state index contributed by atoms with van der Waals surface area (Å²) in [6, 6.07) is 4.28. The van der Waals surface area contributed by atoms with Crippen molar-refractivity contribution >= 4 is 5.97 Å². The average Bonchev–Trinajstić information content (AvgIpc) is 2.26. The van der Waals surface area contributed by atoms with Crippen LogP contribution in [0.4, 0.5) is 4.39 Å². The van der Waals surface area contributed by atoms with Gasteiger partial charge < -0.3 is 14.6 Å². The Morgan fingerprint density at radius 1 is 1.50 bits per heavy atom. The van der Waals surface area contributed by atoms with Crippen molar-refractivity contribution in [2.45, 2.75) is 12.5 Å². The van der Waals surface area contributed by atoms with E-state index in [1.54, 1.807) is 6.07 Å². The Hall–Kier alpha value is -1.62. The lowest BCUT2D eigenvalue weighted by atomic mass is 10.1. The molecule has 4 nitrogen and oxygen atoms in total. The first kappa shape index (κ1) is 12.4. The number of halogens is 1. The minimum Gasteiger partial charge on any atom is -0.497 e. The fourth-order valence-corrected chi connectivity index (χ4v) is 1.29. The van der Waals surface area contributed by atoms with Gasteiger partial charge in [-0.15, -0.1) is 0 Å². The molecule has 1 rings (SSSR count). The van der Waals surface area contributed by atoms with E-state index in [1.807, 2.05) is 0 Å². The number of methoxy groups -OCH3 is 2. The maximum Gasteiger partial charge on any atom is 0.333 e. The fraction of sp³-hybridized carbons (Fsp3) is 0.364. The maximum atomic E-state index is 13.5. The Morgan fingerprint density at radius 2 is 2.19 bits per heavy atom. The summed E-state index contributed by atoms with van der Waals surface area (Å²) in [5.41, 5.74) is 0.287. The molecular formula is C11H13FO4. The highest BCUT2D eigenvalue weighted by Crippen LogP contribution is 2.18. The molecule has 5 heteroatoms. The zero-order valence-corrected chi connectivity index (χ0v) is 9.07. The monoisotopic (exact) mass is 228 g/mol. The van der Waals surface area contributed by atoms with E-state index in [1.165, 1.54) is 26.4 Å². The Kier molecular flexibility index (Phi) is 4.25. The molecule has 0 saturated carbocycles. The van der Waals surface area contributed by atoms with Crippen molar-refractivity contribution in [1.82, 2.24) is 0 Å². The predicted molar refractivity (Wildman–Crippen MR) is 55.1 cm³/mol. The van der Waals surface area contributed by atoms with E-state index in [0.717, 1.165) is 0 Å². The van der Waals surface area contributed by atoms with Gasteiger partial charge in [-0.25, -0.2) is 9.18 Å². The molecule has 1 atom stereocenters. The van der Waals surface area contributed by atoms with Crippen LogP contribution < -0.4 is 4.74 Å². The number of rotatable bonds is 5. The lowest BCUT2D eigenvalue weighted by Crippen LogP contribution is -2.25. The molecule has 0 saturated heterocycles. The summed E-state index contributed by atoms with van der Waals surface area (Å²) in [6.45, 7) is 0. The molecule has 0 fully saturated rings. The van der Waals surface area contributed by atoms with Crippen molar-refractivity contribution in [1.29, 1.82) is 0 Å². The summed E-state index contributed by atoms with van der Waals surface area (Å²) in [4.78, 5) is 10.7. The normalized spacial score (nSPS) is 12.2. The van der Waals surface area contributed by atoms with E-state index in [2.05, 4.69) is 0 Å². The summed E-state index contributed by atoms with van der Waals surface area (Å²) in [5, 5.41) is 8.75. The zero-order valence-electron chi connectivity index (χ0n) is 9.07. The molecule has 0 bridgehead atoms. The molecule has 0 radical (unpaired) electrons. The first-order valence-electron chi connectivity index (χ1n) is 4.66. The van der Waals surface area contributed by atoms with E-state index < -0.39 is 17.9 Å². The molecular weight excluding hydrogens is 215 g/mol. The van der Waals surface area contributed by atoms with E-state index >= 15 is 0 Å². The molecule has 16 heavy (non-hydrogen) atoms. The van der Waals surface area contributed by atoms with E-state index in [9.17, 15) is 9.18 Å². The smallest absolute Gasteiger partial charge is 0.333 e. The number of carboxylic acid groups (broad SMARTS) is 1. The van der Waals surface area contributed by atoms with Gasteiger partial charge in [0.1, 0.15) is 11.6 Å². The molecule has 0 aliphatic rings. The number of hydrogen-bond acceptors (Lipinski definition) is 3. The van der Waals surface area contributed by atoms with Crippen LogP contribution in [0.5, 0.6) is 5.75 Å². The van der Waals surface area contributed by atoms with Crippen molar-refractivity contribution in [2.24, 2.45) is 0 Å². The molecule has 1 aromatic rings. The molecule has 1 unspecified atom stereocenters. The van der Waals surface area contributed by atoms with Gasteiger partial charge >= 0.3 is 5.97 Å². The van der Waals surface area contributed by atoms with Gasteiger partial charge in [-0.1, -0.05) is 6.07 Å². The van der Waals surface area contributed by atoms with Crippen LogP contribution in [-0.2, 0) is 16.0 Å². The molecule has 0 heterocycles. The maximum absolute atomic E-state index is 13.5. The fourth-order valence-electron chi connectivity index (χ4n) is 1.29. The molecule has 1 N–H and O–H groups in total. The standard InChI is InChI=1S/C11H13FO4/c1-15-8-4-3-7(9(12)6-8)5-10(16-2)11(13)14/h3-4,6,10H,5H2,1-2H3,(H,13,14). The minimum atomic E-state index is -1.11. The van der Waals surface area contributed by atoms with Crippen LogP contribution >= 0.6 is 0 Å². The molecule has 0 aliphatic heterocycles. The number of aliphatic carboxylic acids is 1. The summed E-state index contributed by atoms with van der Waals surface area (Å²) >= 11 is 0. The molecule has 0 spiro atoms. The van der Waals surface area contributed by atoms with Gasteiger partial charge in [0, 0.05) is 19.6 Å². The number of benzene rings is 1. The van der Waals surface area contributed by atoms with Gasteiger partial charge in [-0.3, -0.25) is 0 Å². The van der Waals surface area contributed by atoms with Crippen molar-refractivity contribution in [2.75, 3.05) is 14.2 Å². The highest BCUT2D eigenvalue weighted by atomic mass is 19.1. The molecule has 0 aromatic heterocycles. The van der Waals surface area contributed by atoms with Crippen LogP contribution in [0.1, 0.15) is 5.56 Å². The third-order valence-electron chi connectivity index (χ3n) is 2.23. The Bertz CT molecular complexity index is 378. The minimum absolute atomic E-state index is 0.0122. The van der Waals surface area contributed by atoms with Crippen LogP contribution in [0.3, 0.4) is 0 Å². The van der Waals surface area contributed by atoms with Crippen LogP contribution in [-0.4, -0.2) is 31.4 Å². The van der Waals surface area contributed by atoms with Gasteiger partial charge in [-0.2, -0.15) is 0 Å². The number of carbonyl (C=O) groups is 1. The van der Waals surface area contributed by atoms with Gasteiger partial charge in [0.15, 0.2) is 6.10 Å². The van der Waals surface area contributed by atoms with Gasteiger partial charge in [0.05, 0.1) is 7.11 Å². The van der Waals surface area contributed by atoms with Crippen LogP contribution in [0.15, 0.2) is 18.2 Å². The highest BCUT2D eigenvalue weighted by Gasteiger charge is 2.18. The second kappa shape index (κ2) is 5.46. The van der Waals surface area contributed by atoms with Crippen molar-refractivity contribution < 1.29 is 23.8 Å². The second-order valence-corrected chi connectivity index (χ2v) is 3.22. The number of ether oxygens (including phenoxy) is 2. The second-order valence-electron chi connectivity index (χ2n) is 3.22. The third-order valence-corrected chi connectivity index (χ3v) is 2.23. The van der Waals surface area contributed by atoms with Crippen LogP contribution in [0.2, 0.25) is 0 Å². The average molecular weight is 228 g/mol. The lowest BCUT2D eigenvalue weighted by molar-refractivity contribution is -0.148. The quantitative estimate of drug-likeness (QED) is 0.829. The van der Waals surface area contributed by atoms with Gasteiger partial charge in [-0.05, 0) is 11.6 Å². The Morgan fingerprint density at radius 3 is 2.62 bits per heavy atom. The summed E-state index contributed by atoms with van der Waals surface area (Å²) in [5.74, 6) is -1.22. The third kappa shape index (κ3) is 2.93. The highest BCUT2D eigenvalue weighted by molar-refractivity contribution is 5.72. The number of carboxylic acids is 1. The largest absolute Gasteiger partial charge is 0.497 e.